The Balaban J connectivity index is 1.76. The van der Waals surface area contributed by atoms with E-state index in [-0.39, 0.29) is 11.0 Å². The Morgan fingerprint density at radius 3 is 2.76 bits per heavy atom. The van der Waals surface area contributed by atoms with Gasteiger partial charge in [0.2, 0.25) is 0 Å². The summed E-state index contributed by atoms with van der Waals surface area (Å²) in [6.07, 6.45) is 0. The highest BCUT2D eigenvalue weighted by Crippen LogP contribution is 2.36. The summed E-state index contributed by atoms with van der Waals surface area (Å²) >= 11 is 21.0. The molecule has 128 valence electrons. The highest BCUT2D eigenvalue weighted by molar-refractivity contribution is 14.1. The van der Waals surface area contributed by atoms with Crippen molar-refractivity contribution in [3.8, 4) is 0 Å². The standard InChI is InChI=1S/C16H10Cl2IN3OS2/c1-7-10(19)4-5-12(20-7)21-16(24)22-15(23)14-13(18)9-3-2-8(17)6-11(9)25-14/h2-6H,1H3,(H2,20,21,22,23,24). The molecule has 4 nitrogen and oxygen atoms in total. The number of nitrogens with one attached hydrogen (secondary N) is 2. The van der Waals surface area contributed by atoms with Gasteiger partial charge in [0, 0.05) is 18.7 Å². The van der Waals surface area contributed by atoms with Gasteiger partial charge in [0.15, 0.2) is 5.11 Å². The van der Waals surface area contributed by atoms with E-state index < -0.39 is 0 Å². The smallest absolute Gasteiger partial charge is 0.269 e. The summed E-state index contributed by atoms with van der Waals surface area (Å²) in [5, 5.41) is 7.45. The molecule has 1 aromatic carbocycles. The van der Waals surface area contributed by atoms with Crippen LogP contribution in [-0.4, -0.2) is 16.0 Å². The molecule has 25 heavy (non-hydrogen) atoms. The summed E-state index contributed by atoms with van der Waals surface area (Å²) in [5.41, 5.74) is 0.879. The molecule has 2 aromatic heterocycles. The first-order chi connectivity index (χ1) is 11.8. The Morgan fingerprint density at radius 2 is 2.04 bits per heavy atom. The monoisotopic (exact) mass is 521 g/mol. The molecule has 3 rings (SSSR count). The average molecular weight is 522 g/mol. The molecule has 0 saturated carbocycles. The minimum atomic E-state index is -0.373. The van der Waals surface area contributed by atoms with Crippen LogP contribution in [-0.2, 0) is 0 Å². The number of nitrogens with zero attached hydrogens (tertiary/aromatic N) is 1. The molecule has 0 atom stereocenters. The summed E-state index contributed by atoms with van der Waals surface area (Å²) in [4.78, 5) is 17.2. The number of rotatable bonds is 2. The number of pyridine rings is 1. The van der Waals surface area contributed by atoms with E-state index in [2.05, 4.69) is 38.2 Å². The van der Waals surface area contributed by atoms with Gasteiger partial charge >= 0.3 is 0 Å². The second kappa shape index (κ2) is 7.71. The van der Waals surface area contributed by atoms with Crippen LogP contribution in [0.2, 0.25) is 10.0 Å². The second-order valence-corrected chi connectivity index (χ2v) is 8.49. The Kier molecular flexibility index (Phi) is 5.79. The molecule has 9 heteroatoms. The van der Waals surface area contributed by atoms with Gasteiger partial charge in [0.1, 0.15) is 10.7 Å². The number of aryl methyl sites for hydroxylation is 1. The lowest BCUT2D eigenvalue weighted by Crippen LogP contribution is -2.34. The van der Waals surface area contributed by atoms with E-state index in [0.29, 0.717) is 20.7 Å². The van der Waals surface area contributed by atoms with Crippen LogP contribution in [0.25, 0.3) is 10.1 Å². The number of hydrogen-bond acceptors (Lipinski definition) is 4. The lowest BCUT2D eigenvalue weighted by Gasteiger charge is -2.09. The molecule has 2 N–H and O–H groups in total. The Morgan fingerprint density at radius 1 is 1.28 bits per heavy atom. The quantitative estimate of drug-likeness (QED) is 0.338. The fourth-order valence-corrected chi connectivity index (χ4v) is 4.29. The predicted molar refractivity (Wildman–Crippen MR) is 117 cm³/mol. The highest BCUT2D eigenvalue weighted by atomic mass is 127. The summed E-state index contributed by atoms with van der Waals surface area (Å²) in [7, 11) is 0. The number of halogens is 3. The van der Waals surface area contributed by atoms with Gasteiger partial charge in [-0.1, -0.05) is 29.3 Å². The van der Waals surface area contributed by atoms with Gasteiger partial charge in [-0.3, -0.25) is 10.1 Å². The number of thiophene rings is 1. The fourth-order valence-electron chi connectivity index (χ4n) is 2.11. The van der Waals surface area contributed by atoms with Crippen molar-refractivity contribution in [1.82, 2.24) is 10.3 Å². The van der Waals surface area contributed by atoms with Crippen LogP contribution in [0.15, 0.2) is 30.3 Å². The maximum atomic E-state index is 12.5. The van der Waals surface area contributed by atoms with Crippen LogP contribution in [0.5, 0.6) is 0 Å². The van der Waals surface area contributed by atoms with Crippen molar-refractivity contribution < 1.29 is 4.79 Å². The van der Waals surface area contributed by atoms with Gasteiger partial charge in [-0.05, 0) is 66.0 Å². The molecule has 0 radical (unpaired) electrons. The topological polar surface area (TPSA) is 54.0 Å². The molecule has 0 aliphatic rings. The van der Waals surface area contributed by atoms with Crippen LogP contribution >= 0.6 is 69.3 Å². The normalized spacial score (nSPS) is 10.7. The summed E-state index contributed by atoms with van der Waals surface area (Å²) in [5.74, 6) is 0.194. The zero-order chi connectivity index (χ0) is 18.1. The lowest BCUT2D eigenvalue weighted by molar-refractivity contribution is 0.0982. The first-order valence-corrected chi connectivity index (χ1v) is 10.0. The van der Waals surface area contributed by atoms with E-state index in [1.54, 1.807) is 24.3 Å². The molecule has 3 aromatic rings. The zero-order valence-electron chi connectivity index (χ0n) is 12.7. The number of benzene rings is 1. The van der Waals surface area contributed by atoms with E-state index in [9.17, 15) is 4.79 Å². The Labute approximate surface area is 177 Å². The predicted octanol–water partition coefficient (Wildman–Crippen LogP) is 5.64. The van der Waals surface area contributed by atoms with Gasteiger partial charge in [0.25, 0.3) is 5.91 Å². The third-order valence-corrected chi connectivity index (χ3v) is 6.52. The zero-order valence-corrected chi connectivity index (χ0v) is 18.0. The largest absolute Gasteiger partial charge is 0.317 e. The van der Waals surface area contributed by atoms with E-state index in [4.69, 9.17) is 35.4 Å². The van der Waals surface area contributed by atoms with Crippen LogP contribution in [0.3, 0.4) is 0 Å². The molecule has 0 aliphatic carbocycles. The van der Waals surface area contributed by atoms with Gasteiger partial charge in [-0.2, -0.15) is 0 Å². The number of fused-ring (bicyclic) bond motifs is 1. The summed E-state index contributed by atoms with van der Waals surface area (Å²) in [6.45, 7) is 1.90. The first kappa shape index (κ1) is 18.8. The number of carbonyl (C=O) groups excluding carboxylic acids is 1. The molecule has 0 spiro atoms. The van der Waals surface area contributed by atoms with Gasteiger partial charge < -0.3 is 5.32 Å². The third-order valence-electron chi connectivity index (χ3n) is 3.29. The van der Waals surface area contributed by atoms with Crippen molar-refractivity contribution in [2.75, 3.05) is 5.32 Å². The number of hydrogen-bond donors (Lipinski definition) is 2. The van der Waals surface area contributed by atoms with Crippen LogP contribution < -0.4 is 10.6 Å². The van der Waals surface area contributed by atoms with Crippen LogP contribution in [0.4, 0.5) is 5.82 Å². The van der Waals surface area contributed by atoms with Crippen molar-refractivity contribution in [3.05, 3.63) is 54.5 Å². The van der Waals surface area contributed by atoms with E-state index in [0.717, 1.165) is 19.4 Å². The van der Waals surface area contributed by atoms with Crippen LogP contribution in [0.1, 0.15) is 15.4 Å². The Bertz CT molecular complexity index is 1010. The van der Waals surface area contributed by atoms with Crippen molar-refractivity contribution in [1.29, 1.82) is 0 Å². The molecular formula is C16H10Cl2IN3OS2. The van der Waals surface area contributed by atoms with Crippen molar-refractivity contribution in [2.45, 2.75) is 6.92 Å². The van der Waals surface area contributed by atoms with Crippen molar-refractivity contribution in [3.63, 3.8) is 0 Å². The van der Waals surface area contributed by atoms with Crippen molar-refractivity contribution >= 4 is 96.3 Å². The SMILES string of the molecule is Cc1nc(NC(=S)NC(=O)c2sc3cc(Cl)ccc3c2Cl)ccc1I. The van der Waals surface area contributed by atoms with E-state index >= 15 is 0 Å². The number of aromatic nitrogens is 1. The molecule has 0 unspecified atom stereocenters. The lowest BCUT2D eigenvalue weighted by atomic mass is 10.2. The average Bonchev–Trinajstić information content (AvgIpc) is 2.87. The molecule has 0 aliphatic heterocycles. The fraction of sp³-hybridized carbons (Fsp3) is 0.0625. The number of thiocarbonyl (C=S) groups is 1. The van der Waals surface area contributed by atoms with Crippen molar-refractivity contribution in [2.24, 2.45) is 0 Å². The van der Waals surface area contributed by atoms with Gasteiger partial charge in [-0.15, -0.1) is 11.3 Å². The minimum absolute atomic E-state index is 0.157. The number of amides is 1. The summed E-state index contributed by atoms with van der Waals surface area (Å²) < 4.78 is 1.89. The van der Waals surface area contributed by atoms with Gasteiger partial charge in [-0.25, -0.2) is 4.98 Å². The number of carbonyl (C=O) groups is 1. The third kappa shape index (κ3) is 4.22. The second-order valence-electron chi connectivity index (χ2n) is 5.06. The summed E-state index contributed by atoms with van der Waals surface area (Å²) in [6, 6.07) is 9.02. The first-order valence-electron chi connectivity index (χ1n) is 6.98. The molecule has 1 amide bonds. The van der Waals surface area contributed by atoms with Crippen LogP contribution in [0, 0.1) is 10.5 Å². The molecule has 2 heterocycles. The Hall–Kier alpha value is -1.000. The maximum absolute atomic E-state index is 12.5. The van der Waals surface area contributed by atoms with E-state index in [1.165, 1.54) is 11.3 Å². The maximum Gasteiger partial charge on any atom is 0.269 e. The molecule has 0 fully saturated rings. The molecule has 0 bridgehead atoms. The molecular weight excluding hydrogens is 512 g/mol. The van der Waals surface area contributed by atoms with E-state index in [1.807, 2.05) is 13.0 Å². The number of anilines is 1. The highest BCUT2D eigenvalue weighted by Gasteiger charge is 2.18. The molecule has 0 saturated heterocycles. The minimum Gasteiger partial charge on any atom is -0.317 e. The van der Waals surface area contributed by atoms with Gasteiger partial charge in [0.05, 0.1) is 10.7 Å².